The van der Waals surface area contributed by atoms with Crippen molar-refractivity contribution >= 4 is 5.91 Å². The standard InChI is InChI=1S/C11H7F3N2O2/c12-8-3-6(4-9(13)10(8)14)11(17)15-5-7-1-2-18-16-7/h1-4H,5H2,(H,15,17). The third kappa shape index (κ3) is 2.50. The van der Waals surface area contributed by atoms with E-state index in [4.69, 9.17) is 0 Å². The van der Waals surface area contributed by atoms with Gasteiger partial charge in [0, 0.05) is 11.6 Å². The summed E-state index contributed by atoms with van der Waals surface area (Å²) in [4.78, 5) is 11.5. The molecule has 0 saturated heterocycles. The number of nitrogens with one attached hydrogen (secondary N) is 1. The van der Waals surface area contributed by atoms with Crippen molar-refractivity contribution in [2.45, 2.75) is 6.54 Å². The lowest BCUT2D eigenvalue weighted by Crippen LogP contribution is -2.23. The molecule has 0 radical (unpaired) electrons. The number of carbonyl (C=O) groups is 1. The van der Waals surface area contributed by atoms with Crippen LogP contribution in [0.3, 0.4) is 0 Å². The van der Waals surface area contributed by atoms with Crippen LogP contribution in [0, 0.1) is 17.5 Å². The smallest absolute Gasteiger partial charge is 0.251 e. The van der Waals surface area contributed by atoms with Gasteiger partial charge in [-0.05, 0) is 12.1 Å². The lowest BCUT2D eigenvalue weighted by atomic mass is 10.2. The van der Waals surface area contributed by atoms with E-state index in [1.807, 2.05) is 0 Å². The van der Waals surface area contributed by atoms with Crippen LogP contribution in [-0.2, 0) is 6.54 Å². The van der Waals surface area contributed by atoms with Gasteiger partial charge in [-0.1, -0.05) is 5.16 Å². The van der Waals surface area contributed by atoms with E-state index in [2.05, 4.69) is 15.0 Å². The highest BCUT2D eigenvalue weighted by Crippen LogP contribution is 2.13. The quantitative estimate of drug-likeness (QED) is 0.855. The molecule has 0 fully saturated rings. The molecule has 0 unspecified atom stereocenters. The zero-order valence-corrected chi connectivity index (χ0v) is 8.91. The molecule has 1 N–H and O–H groups in total. The van der Waals surface area contributed by atoms with Crippen LogP contribution in [0.2, 0.25) is 0 Å². The second kappa shape index (κ2) is 4.91. The van der Waals surface area contributed by atoms with Gasteiger partial charge in [0.1, 0.15) is 12.0 Å². The van der Waals surface area contributed by atoms with Crippen molar-refractivity contribution in [3.05, 3.63) is 53.2 Å². The van der Waals surface area contributed by atoms with Crippen LogP contribution < -0.4 is 5.32 Å². The van der Waals surface area contributed by atoms with E-state index in [1.54, 1.807) is 0 Å². The zero-order chi connectivity index (χ0) is 13.1. The molecular weight excluding hydrogens is 249 g/mol. The molecule has 2 aromatic rings. The van der Waals surface area contributed by atoms with E-state index in [9.17, 15) is 18.0 Å². The number of benzene rings is 1. The van der Waals surface area contributed by atoms with Gasteiger partial charge in [0.2, 0.25) is 0 Å². The SMILES string of the molecule is O=C(NCc1ccon1)c1cc(F)c(F)c(F)c1. The molecule has 1 amide bonds. The summed E-state index contributed by atoms with van der Waals surface area (Å²) in [5.74, 6) is -5.18. The Kier molecular flexibility index (Phi) is 3.31. The maximum absolute atomic E-state index is 12.9. The van der Waals surface area contributed by atoms with Crippen LogP contribution in [0.1, 0.15) is 16.1 Å². The van der Waals surface area contributed by atoms with Crippen molar-refractivity contribution in [1.82, 2.24) is 10.5 Å². The third-order valence-electron chi connectivity index (χ3n) is 2.17. The Labute approximate surface area is 99.4 Å². The summed E-state index contributed by atoms with van der Waals surface area (Å²) in [6.45, 7) is 0.0376. The Hall–Kier alpha value is -2.31. The minimum absolute atomic E-state index is 0.0376. The number of nitrogens with zero attached hydrogens (tertiary/aromatic N) is 1. The second-order valence-electron chi connectivity index (χ2n) is 3.43. The first-order valence-corrected chi connectivity index (χ1v) is 4.90. The topological polar surface area (TPSA) is 55.1 Å². The van der Waals surface area contributed by atoms with Crippen LogP contribution in [0.15, 0.2) is 29.0 Å². The molecule has 0 spiro atoms. The summed E-state index contributed by atoms with van der Waals surface area (Å²) >= 11 is 0. The van der Waals surface area contributed by atoms with E-state index >= 15 is 0 Å². The van der Waals surface area contributed by atoms with E-state index in [1.165, 1.54) is 12.3 Å². The number of amides is 1. The summed E-state index contributed by atoms with van der Waals surface area (Å²) in [6.07, 6.45) is 1.32. The molecular formula is C11H7F3N2O2. The minimum atomic E-state index is -1.61. The molecule has 18 heavy (non-hydrogen) atoms. The summed E-state index contributed by atoms with van der Waals surface area (Å²) in [5.41, 5.74) is 0.140. The Morgan fingerprint density at radius 3 is 2.50 bits per heavy atom. The van der Waals surface area contributed by atoms with Crippen LogP contribution in [0.25, 0.3) is 0 Å². The predicted molar refractivity (Wildman–Crippen MR) is 54.0 cm³/mol. The summed E-state index contributed by atoms with van der Waals surface area (Å²) < 4.78 is 43.0. The van der Waals surface area contributed by atoms with Gasteiger partial charge in [0.25, 0.3) is 5.91 Å². The van der Waals surface area contributed by atoms with Gasteiger partial charge in [-0.2, -0.15) is 0 Å². The van der Waals surface area contributed by atoms with Crippen molar-refractivity contribution in [3.63, 3.8) is 0 Å². The first-order chi connectivity index (χ1) is 8.58. The maximum Gasteiger partial charge on any atom is 0.251 e. The number of halogens is 3. The summed E-state index contributed by atoms with van der Waals surface area (Å²) in [6, 6.07) is 2.76. The molecule has 2 rings (SSSR count). The van der Waals surface area contributed by atoms with Crippen LogP contribution in [-0.4, -0.2) is 11.1 Å². The van der Waals surface area contributed by atoms with Gasteiger partial charge in [0.05, 0.1) is 6.54 Å². The monoisotopic (exact) mass is 256 g/mol. The van der Waals surface area contributed by atoms with Crippen LogP contribution >= 0.6 is 0 Å². The van der Waals surface area contributed by atoms with Crippen molar-refractivity contribution < 1.29 is 22.5 Å². The molecule has 0 atom stereocenters. The minimum Gasteiger partial charge on any atom is -0.364 e. The van der Waals surface area contributed by atoms with E-state index in [0.717, 1.165) is 0 Å². The first-order valence-electron chi connectivity index (χ1n) is 4.90. The van der Waals surface area contributed by atoms with E-state index < -0.39 is 23.4 Å². The van der Waals surface area contributed by atoms with Gasteiger partial charge in [-0.15, -0.1) is 0 Å². The number of aromatic nitrogens is 1. The maximum atomic E-state index is 12.9. The number of carbonyl (C=O) groups excluding carboxylic acids is 1. The molecule has 4 nitrogen and oxygen atoms in total. The predicted octanol–water partition coefficient (Wildman–Crippen LogP) is 2.02. The highest BCUT2D eigenvalue weighted by atomic mass is 19.2. The van der Waals surface area contributed by atoms with Crippen molar-refractivity contribution in [3.8, 4) is 0 Å². The first kappa shape index (κ1) is 12.2. The zero-order valence-electron chi connectivity index (χ0n) is 8.91. The number of rotatable bonds is 3. The van der Waals surface area contributed by atoms with E-state index in [0.29, 0.717) is 17.8 Å². The lowest BCUT2D eigenvalue weighted by Gasteiger charge is -2.04. The third-order valence-corrected chi connectivity index (χ3v) is 2.17. The Balaban J connectivity index is 2.09. The Bertz CT molecular complexity index is 547. The average molecular weight is 256 g/mol. The Morgan fingerprint density at radius 1 is 1.28 bits per heavy atom. The molecule has 0 aliphatic rings. The fraction of sp³-hybridized carbons (Fsp3) is 0.0909. The highest BCUT2D eigenvalue weighted by molar-refractivity contribution is 5.94. The van der Waals surface area contributed by atoms with Crippen molar-refractivity contribution in [2.75, 3.05) is 0 Å². The molecule has 94 valence electrons. The van der Waals surface area contributed by atoms with Gasteiger partial charge < -0.3 is 9.84 Å². The normalized spacial score (nSPS) is 10.4. The van der Waals surface area contributed by atoms with E-state index in [-0.39, 0.29) is 12.1 Å². The Morgan fingerprint density at radius 2 is 1.94 bits per heavy atom. The molecule has 0 aliphatic heterocycles. The summed E-state index contributed by atoms with van der Waals surface area (Å²) in [7, 11) is 0. The van der Waals surface area contributed by atoms with Crippen LogP contribution in [0.4, 0.5) is 13.2 Å². The highest BCUT2D eigenvalue weighted by Gasteiger charge is 2.15. The fourth-order valence-electron chi connectivity index (χ4n) is 1.29. The second-order valence-corrected chi connectivity index (χ2v) is 3.43. The molecule has 0 saturated carbocycles. The van der Waals surface area contributed by atoms with Gasteiger partial charge in [0.15, 0.2) is 17.5 Å². The largest absolute Gasteiger partial charge is 0.364 e. The lowest BCUT2D eigenvalue weighted by molar-refractivity contribution is 0.0949. The van der Waals surface area contributed by atoms with Crippen LogP contribution in [0.5, 0.6) is 0 Å². The average Bonchev–Trinajstić information content (AvgIpc) is 2.85. The van der Waals surface area contributed by atoms with Gasteiger partial charge in [-0.25, -0.2) is 13.2 Å². The molecule has 1 aromatic heterocycles. The van der Waals surface area contributed by atoms with Crippen molar-refractivity contribution in [2.24, 2.45) is 0 Å². The van der Waals surface area contributed by atoms with Gasteiger partial charge >= 0.3 is 0 Å². The fourth-order valence-corrected chi connectivity index (χ4v) is 1.29. The molecule has 1 aromatic carbocycles. The van der Waals surface area contributed by atoms with Gasteiger partial charge in [-0.3, -0.25) is 4.79 Å². The number of hydrogen-bond donors (Lipinski definition) is 1. The number of hydrogen-bond acceptors (Lipinski definition) is 3. The molecule has 0 bridgehead atoms. The van der Waals surface area contributed by atoms with Crippen molar-refractivity contribution in [1.29, 1.82) is 0 Å². The molecule has 7 heteroatoms. The molecule has 0 aliphatic carbocycles. The summed E-state index contributed by atoms with van der Waals surface area (Å²) in [5, 5.41) is 5.89. The molecule has 1 heterocycles.